The highest BCUT2D eigenvalue weighted by Crippen LogP contribution is 2.54. The van der Waals surface area contributed by atoms with Crippen molar-refractivity contribution in [3.05, 3.63) is 59.9 Å². The Balaban J connectivity index is 1.95. The number of methoxy groups -OCH3 is 1. The number of aromatic nitrogens is 1. The standard InChI is InChI=1S/C23H25N3O4/c1-14(2)12-15-13-17(21(28)30-3)23(16-8-4-5-9-18(16)25-22(23)29)26(15)20(27)19-10-6-7-11-24-19/h4-11,14-15,17H,12-13H2,1-3H3,(H,25,29)/t15-,17-,23+/m0/s1. The highest BCUT2D eigenvalue weighted by molar-refractivity contribution is 6.12. The Labute approximate surface area is 175 Å². The monoisotopic (exact) mass is 407 g/mol. The summed E-state index contributed by atoms with van der Waals surface area (Å²) in [5, 5.41) is 2.89. The Morgan fingerprint density at radius 1 is 1.23 bits per heavy atom. The second-order valence-electron chi connectivity index (χ2n) is 8.25. The summed E-state index contributed by atoms with van der Waals surface area (Å²) in [6.45, 7) is 4.12. The highest BCUT2D eigenvalue weighted by atomic mass is 16.5. The molecule has 1 aromatic carbocycles. The number of carbonyl (C=O) groups is 3. The van der Waals surface area contributed by atoms with Gasteiger partial charge in [-0.05, 0) is 37.0 Å². The van der Waals surface area contributed by atoms with Gasteiger partial charge in [-0.3, -0.25) is 19.4 Å². The quantitative estimate of drug-likeness (QED) is 0.787. The third-order valence-corrected chi connectivity index (χ3v) is 6.02. The van der Waals surface area contributed by atoms with Crippen LogP contribution in [0.1, 0.15) is 42.7 Å². The molecule has 1 saturated heterocycles. The summed E-state index contributed by atoms with van der Waals surface area (Å²) in [5.41, 5.74) is 0.0207. The van der Waals surface area contributed by atoms with Gasteiger partial charge in [0.1, 0.15) is 5.69 Å². The molecule has 1 spiro atoms. The number of nitrogens with zero attached hydrogens (tertiary/aromatic N) is 2. The SMILES string of the molecule is COC(=O)[C@@H]1C[C@H](CC(C)C)N(C(=O)c2ccccn2)[C@@]12C(=O)Nc1ccccc12. The predicted molar refractivity (Wildman–Crippen MR) is 111 cm³/mol. The lowest BCUT2D eigenvalue weighted by molar-refractivity contribution is -0.151. The summed E-state index contributed by atoms with van der Waals surface area (Å²) in [4.78, 5) is 46.0. The topological polar surface area (TPSA) is 88.6 Å². The number of hydrogen-bond donors (Lipinski definition) is 1. The van der Waals surface area contributed by atoms with Crippen LogP contribution in [-0.4, -0.2) is 40.8 Å². The molecule has 1 aromatic heterocycles. The number of fused-ring (bicyclic) bond motifs is 2. The van der Waals surface area contributed by atoms with E-state index < -0.39 is 17.4 Å². The van der Waals surface area contributed by atoms with Gasteiger partial charge in [0.2, 0.25) is 0 Å². The summed E-state index contributed by atoms with van der Waals surface area (Å²) < 4.78 is 5.10. The van der Waals surface area contributed by atoms with Crippen LogP contribution in [-0.2, 0) is 19.9 Å². The molecular formula is C23H25N3O4. The van der Waals surface area contributed by atoms with Gasteiger partial charge in [-0.1, -0.05) is 38.1 Å². The van der Waals surface area contributed by atoms with Crippen molar-refractivity contribution < 1.29 is 19.1 Å². The van der Waals surface area contributed by atoms with E-state index in [2.05, 4.69) is 24.1 Å². The first kappa shape index (κ1) is 20.1. The lowest BCUT2D eigenvalue weighted by Crippen LogP contribution is -2.56. The summed E-state index contributed by atoms with van der Waals surface area (Å²) in [6, 6.07) is 12.0. The number of pyridine rings is 1. The molecule has 0 radical (unpaired) electrons. The van der Waals surface area contributed by atoms with Crippen LogP contribution >= 0.6 is 0 Å². The van der Waals surface area contributed by atoms with E-state index in [0.29, 0.717) is 24.1 Å². The lowest BCUT2D eigenvalue weighted by Gasteiger charge is -2.39. The van der Waals surface area contributed by atoms with Crippen LogP contribution < -0.4 is 5.32 Å². The van der Waals surface area contributed by atoms with E-state index in [0.717, 1.165) is 0 Å². The maximum absolute atomic E-state index is 13.7. The van der Waals surface area contributed by atoms with E-state index in [4.69, 9.17) is 4.74 Å². The molecule has 1 N–H and O–H groups in total. The number of hydrogen-bond acceptors (Lipinski definition) is 5. The summed E-state index contributed by atoms with van der Waals surface area (Å²) in [5.74, 6) is -1.77. The number of rotatable bonds is 4. The van der Waals surface area contributed by atoms with Gasteiger partial charge in [-0.15, -0.1) is 0 Å². The van der Waals surface area contributed by atoms with Crippen LogP contribution in [0.25, 0.3) is 0 Å². The van der Waals surface area contributed by atoms with Crippen molar-refractivity contribution in [1.82, 2.24) is 9.88 Å². The average Bonchev–Trinajstić information content (AvgIpc) is 3.23. The van der Waals surface area contributed by atoms with Crippen LogP contribution in [0.3, 0.4) is 0 Å². The molecule has 0 aliphatic carbocycles. The van der Waals surface area contributed by atoms with Gasteiger partial charge in [-0.2, -0.15) is 0 Å². The van der Waals surface area contributed by atoms with E-state index in [1.807, 2.05) is 12.1 Å². The largest absolute Gasteiger partial charge is 0.469 e. The predicted octanol–water partition coefficient (Wildman–Crippen LogP) is 2.98. The zero-order valence-electron chi connectivity index (χ0n) is 17.3. The smallest absolute Gasteiger partial charge is 0.312 e. The normalized spacial score (nSPS) is 24.8. The summed E-state index contributed by atoms with van der Waals surface area (Å²) in [6.07, 6.45) is 2.56. The van der Waals surface area contributed by atoms with E-state index in [9.17, 15) is 14.4 Å². The van der Waals surface area contributed by atoms with Crippen LogP contribution in [0, 0.1) is 11.8 Å². The Hall–Kier alpha value is -3.22. The van der Waals surface area contributed by atoms with E-state index in [1.165, 1.54) is 7.11 Å². The maximum Gasteiger partial charge on any atom is 0.312 e. The number of benzene rings is 1. The summed E-state index contributed by atoms with van der Waals surface area (Å²) >= 11 is 0. The molecule has 1 fully saturated rings. The molecular weight excluding hydrogens is 382 g/mol. The fourth-order valence-electron chi connectivity index (χ4n) is 4.95. The number of ether oxygens (including phenoxy) is 1. The van der Waals surface area contributed by atoms with Gasteiger partial charge in [0, 0.05) is 23.5 Å². The van der Waals surface area contributed by atoms with Crippen molar-refractivity contribution in [3.63, 3.8) is 0 Å². The molecule has 2 aliphatic heterocycles. The van der Waals surface area contributed by atoms with Crippen molar-refractivity contribution in [1.29, 1.82) is 0 Å². The zero-order valence-corrected chi connectivity index (χ0v) is 17.3. The number of esters is 1. The van der Waals surface area contributed by atoms with Crippen LogP contribution in [0.4, 0.5) is 5.69 Å². The van der Waals surface area contributed by atoms with E-state index in [1.54, 1.807) is 41.4 Å². The van der Waals surface area contributed by atoms with Gasteiger partial charge in [-0.25, -0.2) is 0 Å². The van der Waals surface area contributed by atoms with Crippen molar-refractivity contribution in [2.24, 2.45) is 11.8 Å². The van der Waals surface area contributed by atoms with Gasteiger partial charge in [0.15, 0.2) is 5.54 Å². The van der Waals surface area contributed by atoms with Crippen molar-refractivity contribution in [2.45, 2.75) is 38.3 Å². The number of para-hydroxylation sites is 1. The Bertz CT molecular complexity index is 991. The maximum atomic E-state index is 13.7. The molecule has 0 bridgehead atoms. The Kier molecular flexibility index (Phi) is 5.05. The fraction of sp³-hybridized carbons (Fsp3) is 0.391. The first-order valence-corrected chi connectivity index (χ1v) is 10.1. The van der Waals surface area contributed by atoms with Crippen LogP contribution in [0.2, 0.25) is 0 Å². The molecule has 3 heterocycles. The molecule has 0 saturated carbocycles. The third kappa shape index (κ3) is 2.88. The van der Waals surface area contributed by atoms with E-state index >= 15 is 0 Å². The molecule has 4 rings (SSSR count). The summed E-state index contributed by atoms with van der Waals surface area (Å²) in [7, 11) is 1.31. The molecule has 0 unspecified atom stereocenters. The minimum absolute atomic E-state index is 0.244. The molecule has 7 heteroatoms. The third-order valence-electron chi connectivity index (χ3n) is 6.02. The van der Waals surface area contributed by atoms with Gasteiger partial charge < -0.3 is 15.0 Å². The number of likely N-dealkylation sites (tertiary alicyclic amines) is 1. The van der Waals surface area contributed by atoms with Crippen LogP contribution in [0.5, 0.6) is 0 Å². The lowest BCUT2D eigenvalue weighted by atomic mass is 9.79. The molecule has 3 atom stereocenters. The molecule has 156 valence electrons. The molecule has 7 nitrogen and oxygen atoms in total. The first-order valence-electron chi connectivity index (χ1n) is 10.1. The van der Waals surface area contributed by atoms with Gasteiger partial charge in [0.25, 0.3) is 11.8 Å². The van der Waals surface area contributed by atoms with Crippen molar-refractivity contribution in [2.75, 3.05) is 12.4 Å². The average molecular weight is 407 g/mol. The van der Waals surface area contributed by atoms with E-state index in [-0.39, 0.29) is 29.5 Å². The molecule has 2 amide bonds. The Morgan fingerprint density at radius 3 is 2.63 bits per heavy atom. The minimum atomic E-state index is -1.46. The highest BCUT2D eigenvalue weighted by Gasteiger charge is 2.66. The van der Waals surface area contributed by atoms with Gasteiger partial charge >= 0.3 is 5.97 Å². The van der Waals surface area contributed by atoms with Crippen molar-refractivity contribution >= 4 is 23.5 Å². The number of anilines is 1. The second-order valence-corrected chi connectivity index (χ2v) is 8.25. The number of amides is 2. The minimum Gasteiger partial charge on any atom is -0.469 e. The fourth-order valence-corrected chi connectivity index (χ4v) is 4.95. The zero-order chi connectivity index (χ0) is 21.5. The van der Waals surface area contributed by atoms with Gasteiger partial charge in [0.05, 0.1) is 13.0 Å². The first-order chi connectivity index (χ1) is 14.4. The van der Waals surface area contributed by atoms with Crippen molar-refractivity contribution in [3.8, 4) is 0 Å². The molecule has 2 aromatic rings. The number of nitrogens with one attached hydrogen (secondary N) is 1. The second kappa shape index (κ2) is 7.55. The Morgan fingerprint density at radius 2 is 1.97 bits per heavy atom. The van der Waals surface area contributed by atoms with Crippen LogP contribution in [0.15, 0.2) is 48.7 Å². The number of carbonyl (C=O) groups excluding carboxylic acids is 3. The molecule has 30 heavy (non-hydrogen) atoms. The molecule has 2 aliphatic rings.